The van der Waals surface area contributed by atoms with Crippen LogP contribution >= 0.6 is 11.3 Å². The second-order valence-electron chi connectivity index (χ2n) is 6.18. The lowest BCUT2D eigenvalue weighted by Gasteiger charge is -2.17. The Labute approximate surface area is 121 Å². The highest BCUT2D eigenvalue weighted by Crippen LogP contribution is 2.38. The average Bonchev–Trinajstić information content (AvgIpc) is 2.97. The van der Waals surface area contributed by atoms with Crippen LogP contribution in [-0.2, 0) is 12.8 Å². The smallest absolute Gasteiger partial charge is 0.172 e. The molecule has 1 aliphatic rings. The van der Waals surface area contributed by atoms with Gasteiger partial charge in [0.15, 0.2) is 5.65 Å². The molecule has 0 bridgehead atoms. The zero-order chi connectivity index (χ0) is 13.9. The molecule has 4 nitrogen and oxygen atoms in total. The van der Waals surface area contributed by atoms with Crippen LogP contribution in [0.1, 0.15) is 49.4 Å². The lowest BCUT2D eigenvalue weighted by Crippen LogP contribution is -2.08. The van der Waals surface area contributed by atoms with E-state index in [2.05, 4.69) is 40.4 Å². The molecule has 0 saturated heterocycles. The molecule has 3 aromatic heterocycles. The van der Waals surface area contributed by atoms with Crippen LogP contribution in [0.3, 0.4) is 0 Å². The maximum absolute atomic E-state index is 4.66. The summed E-state index contributed by atoms with van der Waals surface area (Å²) in [5, 5.41) is 10.1. The predicted octanol–water partition coefficient (Wildman–Crippen LogP) is 3.59. The molecule has 20 heavy (non-hydrogen) atoms. The number of aryl methyl sites for hydroxylation is 1. The number of fused-ring (bicyclic) bond motifs is 5. The van der Waals surface area contributed by atoms with Gasteiger partial charge in [0, 0.05) is 10.8 Å². The van der Waals surface area contributed by atoms with Crippen molar-refractivity contribution < 1.29 is 0 Å². The van der Waals surface area contributed by atoms with Gasteiger partial charge in [-0.05, 0) is 30.7 Å². The first-order valence-corrected chi connectivity index (χ1v) is 8.10. The summed E-state index contributed by atoms with van der Waals surface area (Å²) < 4.78 is 2.07. The maximum Gasteiger partial charge on any atom is 0.172 e. The first-order valence-electron chi connectivity index (χ1n) is 7.29. The fourth-order valence-electron chi connectivity index (χ4n) is 3.15. The van der Waals surface area contributed by atoms with Gasteiger partial charge in [-0.1, -0.05) is 20.8 Å². The molecule has 3 aromatic rings. The number of hydrogen-bond donors (Lipinski definition) is 0. The van der Waals surface area contributed by atoms with Gasteiger partial charge in [-0.2, -0.15) is 0 Å². The van der Waals surface area contributed by atoms with Crippen LogP contribution in [0.4, 0.5) is 0 Å². The van der Waals surface area contributed by atoms with Gasteiger partial charge in [-0.25, -0.2) is 4.98 Å². The van der Waals surface area contributed by atoms with Crippen molar-refractivity contribution in [2.24, 2.45) is 5.92 Å². The molecule has 0 aliphatic heterocycles. The van der Waals surface area contributed by atoms with Crippen molar-refractivity contribution in [3.63, 3.8) is 0 Å². The Morgan fingerprint density at radius 3 is 3.00 bits per heavy atom. The van der Waals surface area contributed by atoms with E-state index in [0.717, 1.165) is 28.6 Å². The largest absolute Gasteiger partial charge is 0.268 e. The van der Waals surface area contributed by atoms with Crippen molar-refractivity contribution in [3.05, 3.63) is 22.6 Å². The Balaban J connectivity index is 2.05. The van der Waals surface area contributed by atoms with Crippen molar-refractivity contribution in [2.45, 2.75) is 46.0 Å². The van der Waals surface area contributed by atoms with Gasteiger partial charge >= 0.3 is 0 Å². The van der Waals surface area contributed by atoms with Crippen molar-refractivity contribution in [2.75, 3.05) is 0 Å². The minimum absolute atomic E-state index is 0.360. The van der Waals surface area contributed by atoms with Crippen LogP contribution in [0.5, 0.6) is 0 Å². The molecule has 4 rings (SSSR count). The molecule has 3 heterocycles. The van der Waals surface area contributed by atoms with Crippen LogP contribution in [0.25, 0.3) is 15.9 Å². The van der Waals surface area contributed by atoms with Gasteiger partial charge in [-0.15, -0.1) is 21.5 Å². The monoisotopic (exact) mass is 286 g/mol. The van der Waals surface area contributed by atoms with E-state index in [9.17, 15) is 0 Å². The van der Waals surface area contributed by atoms with E-state index in [4.69, 9.17) is 0 Å². The number of aromatic nitrogens is 4. The van der Waals surface area contributed by atoms with Crippen LogP contribution < -0.4 is 0 Å². The molecule has 5 heteroatoms. The predicted molar refractivity (Wildman–Crippen MR) is 81.4 cm³/mol. The van der Waals surface area contributed by atoms with Gasteiger partial charge in [0.2, 0.25) is 0 Å². The molecule has 0 amide bonds. The molecular formula is C15H18N4S. The highest BCUT2D eigenvalue weighted by molar-refractivity contribution is 7.19. The molecule has 1 aliphatic carbocycles. The summed E-state index contributed by atoms with van der Waals surface area (Å²) in [7, 11) is 0. The zero-order valence-corrected chi connectivity index (χ0v) is 12.9. The molecule has 0 N–H and O–H groups in total. The lowest BCUT2D eigenvalue weighted by atomic mass is 9.89. The summed E-state index contributed by atoms with van der Waals surface area (Å²) in [6, 6.07) is 0. The third-order valence-electron chi connectivity index (χ3n) is 4.25. The topological polar surface area (TPSA) is 43.1 Å². The summed E-state index contributed by atoms with van der Waals surface area (Å²) in [5.74, 6) is 2.15. The summed E-state index contributed by atoms with van der Waals surface area (Å²) >= 11 is 1.84. The Morgan fingerprint density at radius 1 is 1.35 bits per heavy atom. The molecule has 0 saturated carbocycles. The molecule has 1 atom stereocenters. The number of rotatable bonds is 1. The van der Waals surface area contributed by atoms with E-state index in [1.807, 2.05) is 17.7 Å². The van der Waals surface area contributed by atoms with E-state index in [0.29, 0.717) is 5.92 Å². The van der Waals surface area contributed by atoms with Crippen molar-refractivity contribution in [1.82, 2.24) is 19.6 Å². The van der Waals surface area contributed by atoms with Crippen molar-refractivity contribution in [3.8, 4) is 0 Å². The normalized spacial score (nSPS) is 19.1. The van der Waals surface area contributed by atoms with Crippen LogP contribution in [0.2, 0.25) is 0 Å². The van der Waals surface area contributed by atoms with Crippen molar-refractivity contribution in [1.29, 1.82) is 0 Å². The quantitative estimate of drug-likeness (QED) is 0.686. The molecular weight excluding hydrogens is 268 g/mol. The third kappa shape index (κ3) is 1.62. The van der Waals surface area contributed by atoms with Gasteiger partial charge in [-0.3, -0.25) is 4.40 Å². The minimum atomic E-state index is 0.360. The Hall–Kier alpha value is -1.49. The molecule has 104 valence electrons. The van der Waals surface area contributed by atoms with E-state index in [-0.39, 0.29) is 0 Å². The van der Waals surface area contributed by atoms with E-state index in [1.54, 1.807) is 0 Å². The lowest BCUT2D eigenvalue weighted by molar-refractivity contribution is 0.509. The molecule has 0 spiro atoms. The Morgan fingerprint density at radius 2 is 2.20 bits per heavy atom. The van der Waals surface area contributed by atoms with Crippen LogP contribution in [0.15, 0.2) is 6.33 Å². The standard InChI is InChI=1S/C15H18N4S/c1-8(2)13-17-18-14-12-10-5-4-9(3)6-11(10)20-15(12)16-7-19(13)14/h7-9H,4-6H2,1-3H3/t9-/m0/s1. The van der Waals surface area contributed by atoms with E-state index >= 15 is 0 Å². The summed E-state index contributed by atoms with van der Waals surface area (Å²) in [5.41, 5.74) is 2.47. The van der Waals surface area contributed by atoms with E-state index in [1.165, 1.54) is 28.7 Å². The maximum atomic E-state index is 4.66. The summed E-state index contributed by atoms with van der Waals surface area (Å²) in [6.07, 6.45) is 5.50. The Kier molecular flexibility index (Phi) is 2.61. The molecule has 0 aromatic carbocycles. The van der Waals surface area contributed by atoms with Gasteiger partial charge < -0.3 is 0 Å². The fraction of sp³-hybridized carbons (Fsp3) is 0.533. The number of nitrogens with zero attached hydrogens (tertiary/aromatic N) is 4. The van der Waals surface area contributed by atoms with E-state index < -0.39 is 0 Å². The van der Waals surface area contributed by atoms with Crippen molar-refractivity contribution >= 4 is 27.2 Å². The van der Waals surface area contributed by atoms with Gasteiger partial charge in [0.1, 0.15) is 17.0 Å². The van der Waals surface area contributed by atoms with Crippen LogP contribution in [-0.4, -0.2) is 19.6 Å². The summed E-state index contributed by atoms with van der Waals surface area (Å²) in [6.45, 7) is 6.63. The highest BCUT2D eigenvalue weighted by atomic mass is 32.1. The summed E-state index contributed by atoms with van der Waals surface area (Å²) in [4.78, 5) is 7.29. The number of hydrogen-bond acceptors (Lipinski definition) is 4. The van der Waals surface area contributed by atoms with Gasteiger partial charge in [0.25, 0.3) is 0 Å². The second kappa shape index (κ2) is 4.25. The second-order valence-corrected chi connectivity index (χ2v) is 7.27. The average molecular weight is 286 g/mol. The van der Waals surface area contributed by atoms with Gasteiger partial charge in [0.05, 0.1) is 5.39 Å². The SMILES string of the molecule is CC(C)c1nnc2c3c4c(sc3ncn12)C[C@@H](C)CC4. The van der Waals surface area contributed by atoms with Crippen LogP contribution in [0, 0.1) is 5.92 Å². The Bertz CT molecular complexity index is 799. The highest BCUT2D eigenvalue weighted by Gasteiger charge is 2.24. The first kappa shape index (κ1) is 12.3. The zero-order valence-electron chi connectivity index (χ0n) is 12.1. The molecule has 0 unspecified atom stereocenters. The number of thiophene rings is 1. The fourth-order valence-corrected chi connectivity index (χ4v) is 4.49. The minimum Gasteiger partial charge on any atom is -0.268 e. The molecule has 0 radical (unpaired) electrons. The molecule has 0 fully saturated rings. The first-order chi connectivity index (χ1) is 9.65. The third-order valence-corrected chi connectivity index (χ3v) is 5.41.